The molecule has 0 spiro atoms. The van der Waals surface area contributed by atoms with Crippen molar-refractivity contribution in [2.75, 3.05) is 34.1 Å². The minimum absolute atomic E-state index is 0.0141. The van der Waals surface area contributed by atoms with E-state index in [1.54, 1.807) is 37.9 Å². The lowest BCUT2D eigenvalue weighted by Crippen LogP contribution is -2.33. The number of amides is 1. The van der Waals surface area contributed by atoms with E-state index in [9.17, 15) is 4.79 Å². The monoisotopic (exact) mass is 312 g/mol. The highest BCUT2D eigenvalue weighted by atomic mass is 32.2. The van der Waals surface area contributed by atoms with E-state index < -0.39 is 0 Å². The minimum atomic E-state index is -0.228. The Morgan fingerprint density at radius 2 is 2.14 bits per heavy atom. The molecule has 0 aromatic heterocycles. The van der Waals surface area contributed by atoms with Gasteiger partial charge in [-0.25, -0.2) is 0 Å². The second-order valence-electron chi connectivity index (χ2n) is 4.74. The average Bonchev–Trinajstić information content (AvgIpc) is 2.51. The van der Waals surface area contributed by atoms with Crippen molar-refractivity contribution in [2.24, 2.45) is 5.73 Å². The molecule has 0 aliphatic rings. The number of carbonyl (C=O) groups excluding carboxylic acids is 1. The second kappa shape index (κ2) is 8.92. The number of rotatable bonds is 8. The average molecular weight is 312 g/mol. The molecule has 1 unspecified atom stereocenters. The zero-order valence-corrected chi connectivity index (χ0v) is 13.9. The van der Waals surface area contributed by atoms with E-state index in [0.717, 1.165) is 16.2 Å². The summed E-state index contributed by atoms with van der Waals surface area (Å²) in [6.45, 7) is 0.872. The van der Waals surface area contributed by atoms with E-state index in [4.69, 9.17) is 15.2 Å². The summed E-state index contributed by atoms with van der Waals surface area (Å²) in [6, 6.07) is 5.98. The van der Waals surface area contributed by atoms with Gasteiger partial charge in [0.2, 0.25) is 5.91 Å². The van der Waals surface area contributed by atoms with Gasteiger partial charge < -0.3 is 20.1 Å². The van der Waals surface area contributed by atoms with Gasteiger partial charge in [0.15, 0.2) is 0 Å². The number of thioether (sulfide) groups is 1. The third-order valence-corrected chi connectivity index (χ3v) is 4.07. The standard InChI is InChI=1S/C15H24N2O3S/c1-17(15(18)8-12(9-16)19-2)10-11-5-6-14(21-4)13(7-11)20-3/h5-7,12H,8-10,16H2,1-4H3. The molecular weight excluding hydrogens is 288 g/mol. The number of ether oxygens (including phenoxy) is 2. The molecule has 0 aliphatic carbocycles. The number of hydrogen-bond acceptors (Lipinski definition) is 5. The smallest absolute Gasteiger partial charge is 0.225 e. The van der Waals surface area contributed by atoms with E-state index in [1.165, 1.54) is 0 Å². The zero-order valence-electron chi connectivity index (χ0n) is 13.1. The van der Waals surface area contributed by atoms with Crippen LogP contribution in [0.3, 0.4) is 0 Å². The maximum absolute atomic E-state index is 12.1. The Labute approximate surface area is 130 Å². The molecule has 21 heavy (non-hydrogen) atoms. The van der Waals surface area contributed by atoms with Crippen molar-refractivity contribution >= 4 is 17.7 Å². The van der Waals surface area contributed by atoms with Crippen LogP contribution in [0.2, 0.25) is 0 Å². The minimum Gasteiger partial charge on any atom is -0.496 e. The fourth-order valence-electron chi connectivity index (χ4n) is 1.95. The van der Waals surface area contributed by atoms with Gasteiger partial charge in [-0.05, 0) is 24.0 Å². The molecule has 0 heterocycles. The first-order valence-corrected chi connectivity index (χ1v) is 7.95. The number of carbonyl (C=O) groups is 1. The van der Waals surface area contributed by atoms with Crippen molar-refractivity contribution in [1.82, 2.24) is 4.90 Å². The van der Waals surface area contributed by atoms with Crippen LogP contribution in [0.5, 0.6) is 5.75 Å². The van der Waals surface area contributed by atoms with Crippen LogP contribution in [-0.4, -0.2) is 51.0 Å². The first kappa shape index (κ1) is 17.8. The Morgan fingerprint density at radius 1 is 1.43 bits per heavy atom. The summed E-state index contributed by atoms with van der Waals surface area (Å²) in [7, 11) is 5.00. The Kier molecular flexibility index (Phi) is 7.56. The van der Waals surface area contributed by atoms with Crippen LogP contribution < -0.4 is 10.5 Å². The molecule has 2 N–H and O–H groups in total. The van der Waals surface area contributed by atoms with Crippen LogP contribution in [0.15, 0.2) is 23.1 Å². The van der Waals surface area contributed by atoms with E-state index in [2.05, 4.69) is 0 Å². The van der Waals surface area contributed by atoms with Crippen LogP contribution in [0.4, 0.5) is 0 Å². The number of methoxy groups -OCH3 is 2. The van der Waals surface area contributed by atoms with Crippen molar-refractivity contribution < 1.29 is 14.3 Å². The third-order valence-electron chi connectivity index (χ3n) is 3.29. The van der Waals surface area contributed by atoms with Gasteiger partial charge in [0.25, 0.3) is 0 Å². The molecule has 0 fully saturated rings. The third kappa shape index (κ3) is 5.22. The van der Waals surface area contributed by atoms with Crippen molar-refractivity contribution in [1.29, 1.82) is 0 Å². The number of nitrogens with zero attached hydrogens (tertiary/aromatic N) is 1. The normalized spacial score (nSPS) is 12.0. The summed E-state index contributed by atoms with van der Waals surface area (Å²) in [5.74, 6) is 0.845. The summed E-state index contributed by atoms with van der Waals surface area (Å²) in [5.41, 5.74) is 6.57. The molecular formula is C15H24N2O3S. The largest absolute Gasteiger partial charge is 0.496 e. The maximum Gasteiger partial charge on any atom is 0.225 e. The Balaban J connectivity index is 2.69. The number of benzene rings is 1. The lowest BCUT2D eigenvalue weighted by molar-refractivity contribution is -0.132. The van der Waals surface area contributed by atoms with Crippen LogP contribution in [-0.2, 0) is 16.1 Å². The first-order chi connectivity index (χ1) is 10.0. The Morgan fingerprint density at radius 3 is 2.67 bits per heavy atom. The molecule has 1 aromatic rings. The molecule has 1 aromatic carbocycles. The number of hydrogen-bond donors (Lipinski definition) is 1. The lowest BCUT2D eigenvalue weighted by atomic mass is 10.2. The van der Waals surface area contributed by atoms with Gasteiger partial charge in [-0.2, -0.15) is 0 Å². The van der Waals surface area contributed by atoms with E-state index >= 15 is 0 Å². The van der Waals surface area contributed by atoms with E-state index in [0.29, 0.717) is 19.5 Å². The highest BCUT2D eigenvalue weighted by Crippen LogP contribution is 2.28. The lowest BCUT2D eigenvalue weighted by Gasteiger charge is -2.20. The van der Waals surface area contributed by atoms with Crippen molar-refractivity contribution in [3.8, 4) is 5.75 Å². The Hall–Kier alpha value is -1.24. The van der Waals surface area contributed by atoms with Gasteiger partial charge in [0, 0.05) is 32.1 Å². The molecule has 1 atom stereocenters. The second-order valence-corrected chi connectivity index (χ2v) is 5.58. The summed E-state index contributed by atoms with van der Waals surface area (Å²) in [5, 5.41) is 0. The van der Waals surface area contributed by atoms with Crippen molar-refractivity contribution in [3.05, 3.63) is 23.8 Å². The predicted molar refractivity (Wildman–Crippen MR) is 85.7 cm³/mol. The molecule has 0 saturated heterocycles. The summed E-state index contributed by atoms with van der Waals surface area (Å²) in [6.07, 6.45) is 2.07. The van der Waals surface area contributed by atoms with Crippen molar-refractivity contribution in [3.63, 3.8) is 0 Å². The van der Waals surface area contributed by atoms with Gasteiger partial charge >= 0.3 is 0 Å². The highest BCUT2D eigenvalue weighted by molar-refractivity contribution is 7.98. The van der Waals surface area contributed by atoms with Gasteiger partial charge in [-0.1, -0.05) is 6.07 Å². The molecule has 0 bridgehead atoms. The topological polar surface area (TPSA) is 64.8 Å². The van der Waals surface area contributed by atoms with Crippen molar-refractivity contribution in [2.45, 2.75) is 24.0 Å². The van der Waals surface area contributed by atoms with E-state index in [1.807, 2.05) is 24.5 Å². The fraction of sp³-hybridized carbons (Fsp3) is 0.533. The van der Waals surface area contributed by atoms with Gasteiger partial charge in [-0.15, -0.1) is 11.8 Å². The maximum atomic E-state index is 12.1. The molecule has 0 aliphatic heterocycles. The van der Waals surface area contributed by atoms with E-state index in [-0.39, 0.29) is 12.0 Å². The van der Waals surface area contributed by atoms with Crippen LogP contribution in [0, 0.1) is 0 Å². The molecule has 0 radical (unpaired) electrons. The molecule has 5 nitrogen and oxygen atoms in total. The zero-order chi connectivity index (χ0) is 15.8. The van der Waals surface area contributed by atoms with Gasteiger partial charge in [0.1, 0.15) is 5.75 Å². The fourth-order valence-corrected chi connectivity index (χ4v) is 2.50. The highest BCUT2D eigenvalue weighted by Gasteiger charge is 2.16. The van der Waals surface area contributed by atoms with Crippen LogP contribution in [0.25, 0.3) is 0 Å². The summed E-state index contributed by atoms with van der Waals surface area (Å²) in [4.78, 5) is 14.9. The SMILES string of the molecule is COc1cc(CN(C)C(=O)CC(CN)OC)ccc1SC. The predicted octanol–water partition coefficient (Wildman–Crippen LogP) is 1.74. The number of nitrogens with two attached hydrogens (primary N) is 1. The summed E-state index contributed by atoms with van der Waals surface area (Å²) < 4.78 is 10.5. The molecule has 1 amide bonds. The first-order valence-electron chi connectivity index (χ1n) is 6.73. The quantitative estimate of drug-likeness (QED) is 0.741. The van der Waals surface area contributed by atoms with Crippen LogP contribution in [0.1, 0.15) is 12.0 Å². The van der Waals surface area contributed by atoms with Gasteiger partial charge in [0.05, 0.1) is 19.6 Å². The molecule has 118 valence electrons. The Bertz CT molecular complexity index is 464. The van der Waals surface area contributed by atoms with Gasteiger partial charge in [-0.3, -0.25) is 4.79 Å². The summed E-state index contributed by atoms with van der Waals surface area (Å²) >= 11 is 1.63. The molecule has 6 heteroatoms. The molecule has 0 saturated carbocycles. The molecule has 1 rings (SSSR count). The van der Waals surface area contributed by atoms with Crippen LogP contribution >= 0.6 is 11.8 Å².